The fourth-order valence-corrected chi connectivity index (χ4v) is 4.15. The van der Waals surface area contributed by atoms with Crippen LogP contribution in [0.2, 0.25) is 0 Å². The maximum absolute atomic E-state index is 12.7. The van der Waals surface area contributed by atoms with Crippen LogP contribution in [0.3, 0.4) is 0 Å². The summed E-state index contributed by atoms with van der Waals surface area (Å²) >= 11 is 0. The predicted octanol–water partition coefficient (Wildman–Crippen LogP) is 3.22. The highest BCUT2D eigenvalue weighted by molar-refractivity contribution is 5.98. The second-order valence-corrected chi connectivity index (χ2v) is 7.98. The van der Waals surface area contributed by atoms with E-state index >= 15 is 0 Å². The van der Waals surface area contributed by atoms with Crippen LogP contribution in [0.1, 0.15) is 18.4 Å². The maximum Gasteiger partial charge on any atom is 0.263 e. The van der Waals surface area contributed by atoms with Gasteiger partial charge in [0, 0.05) is 43.5 Å². The van der Waals surface area contributed by atoms with Crippen LogP contribution in [0.25, 0.3) is 22.4 Å². The van der Waals surface area contributed by atoms with Gasteiger partial charge in [-0.25, -0.2) is 4.98 Å². The molecule has 0 radical (unpaired) electrons. The quantitative estimate of drug-likeness (QED) is 0.483. The minimum absolute atomic E-state index is 0.0289. The number of carbonyl (C=O) groups excluding carboxylic acids is 1. The lowest BCUT2D eigenvalue weighted by Crippen LogP contribution is -2.40. The normalized spacial score (nSPS) is 14.4. The average molecular weight is 444 g/mol. The van der Waals surface area contributed by atoms with Crippen LogP contribution in [0.5, 0.6) is 5.75 Å². The first-order valence-corrected chi connectivity index (χ1v) is 10.9. The summed E-state index contributed by atoms with van der Waals surface area (Å²) in [4.78, 5) is 27.7. The lowest BCUT2D eigenvalue weighted by molar-refractivity contribution is -0.125. The first-order chi connectivity index (χ1) is 16.2. The molecule has 9 nitrogen and oxygen atoms in total. The number of piperidine rings is 1. The minimum Gasteiger partial charge on any atom is -0.497 e. The molecule has 1 aromatic carbocycles. The number of fused-ring (bicyclic) bond motifs is 1. The third-order valence-electron chi connectivity index (χ3n) is 5.97. The van der Waals surface area contributed by atoms with Crippen molar-refractivity contribution in [2.24, 2.45) is 5.92 Å². The van der Waals surface area contributed by atoms with Gasteiger partial charge in [-0.05, 0) is 48.7 Å². The van der Waals surface area contributed by atoms with Gasteiger partial charge < -0.3 is 19.5 Å². The first-order valence-electron chi connectivity index (χ1n) is 10.9. The SMILES string of the molecule is COc1ccc(-c2noc3ncnc(N4CCC(C(=O)NCc5cccnc5)CC4)c23)cc1. The van der Waals surface area contributed by atoms with E-state index in [2.05, 4.69) is 30.3 Å². The Labute approximate surface area is 190 Å². The molecule has 0 aliphatic carbocycles. The number of nitrogens with one attached hydrogen (secondary N) is 1. The zero-order chi connectivity index (χ0) is 22.6. The Morgan fingerprint density at radius 3 is 2.73 bits per heavy atom. The lowest BCUT2D eigenvalue weighted by Gasteiger charge is -2.32. The van der Waals surface area contributed by atoms with Gasteiger partial charge in [0.2, 0.25) is 5.91 Å². The number of ether oxygens (including phenoxy) is 1. The molecule has 1 N–H and O–H groups in total. The van der Waals surface area contributed by atoms with E-state index in [1.54, 1.807) is 19.5 Å². The molecule has 5 rings (SSSR count). The molecule has 0 bridgehead atoms. The summed E-state index contributed by atoms with van der Waals surface area (Å²) in [6.07, 6.45) is 6.47. The molecule has 3 aromatic heterocycles. The van der Waals surface area contributed by atoms with Gasteiger partial charge in [0.25, 0.3) is 5.71 Å². The summed E-state index contributed by atoms with van der Waals surface area (Å²) in [5.74, 6) is 1.60. The molecule has 1 fully saturated rings. The number of pyridine rings is 1. The molecule has 4 heterocycles. The molecule has 1 saturated heterocycles. The first kappa shape index (κ1) is 20.9. The van der Waals surface area contributed by atoms with E-state index in [1.165, 1.54) is 6.33 Å². The molecule has 1 aliphatic rings. The Morgan fingerprint density at radius 1 is 1.18 bits per heavy atom. The van der Waals surface area contributed by atoms with E-state index in [0.29, 0.717) is 31.0 Å². The van der Waals surface area contributed by atoms with Crippen molar-refractivity contribution >= 4 is 22.8 Å². The van der Waals surface area contributed by atoms with Crippen molar-refractivity contribution in [3.63, 3.8) is 0 Å². The average Bonchev–Trinajstić information content (AvgIpc) is 3.32. The second kappa shape index (κ2) is 9.23. The number of carbonyl (C=O) groups is 1. The summed E-state index contributed by atoms with van der Waals surface area (Å²) in [7, 11) is 1.63. The Balaban J connectivity index is 1.30. The van der Waals surface area contributed by atoms with Crippen LogP contribution in [0, 0.1) is 5.92 Å². The van der Waals surface area contributed by atoms with Crippen LogP contribution in [0.15, 0.2) is 59.6 Å². The molecule has 1 aliphatic heterocycles. The molecule has 0 atom stereocenters. The topological polar surface area (TPSA) is 106 Å². The predicted molar refractivity (Wildman–Crippen MR) is 123 cm³/mol. The molecule has 33 heavy (non-hydrogen) atoms. The lowest BCUT2D eigenvalue weighted by atomic mass is 9.95. The molecule has 168 valence electrons. The number of nitrogens with zero attached hydrogens (tertiary/aromatic N) is 5. The molecule has 0 unspecified atom stereocenters. The Kier molecular flexibility index (Phi) is 5.84. The second-order valence-electron chi connectivity index (χ2n) is 7.98. The molecule has 9 heteroatoms. The monoisotopic (exact) mass is 444 g/mol. The van der Waals surface area contributed by atoms with Crippen molar-refractivity contribution in [1.82, 2.24) is 25.4 Å². The highest BCUT2D eigenvalue weighted by Crippen LogP contribution is 2.35. The Morgan fingerprint density at radius 2 is 2.00 bits per heavy atom. The van der Waals surface area contributed by atoms with Crippen molar-refractivity contribution in [1.29, 1.82) is 0 Å². The Hall–Kier alpha value is -4.01. The zero-order valence-electron chi connectivity index (χ0n) is 18.3. The Bertz CT molecular complexity index is 1230. The van der Waals surface area contributed by atoms with Crippen molar-refractivity contribution in [3.8, 4) is 17.0 Å². The van der Waals surface area contributed by atoms with E-state index in [9.17, 15) is 4.79 Å². The van der Waals surface area contributed by atoms with Crippen LogP contribution in [0.4, 0.5) is 5.82 Å². The highest BCUT2D eigenvalue weighted by Gasteiger charge is 2.28. The van der Waals surface area contributed by atoms with Crippen molar-refractivity contribution < 1.29 is 14.1 Å². The van der Waals surface area contributed by atoms with Crippen LogP contribution in [-0.2, 0) is 11.3 Å². The smallest absolute Gasteiger partial charge is 0.263 e. The fourth-order valence-electron chi connectivity index (χ4n) is 4.15. The van der Waals surface area contributed by atoms with E-state index < -0.39 is 0 Å². The fraction of sp³-hybridized carbons (Fsp3) is 0.292. The number of benzene rings is 1. The summed E-state index contributed by atoms with van der Waals surface area (Å²) in [5, 5.41) is 8.07. The highest BCUT2D eigenvalue weighted by atomic mass is 16.5. The van der Waals surface area contributed by atoms with Gasteiger partial charge in [0.15, 0.2) is 0 Å². The molecule has 0 saturated carbocycles. The van der Waals surface area contributed by atoms with Crippen molar-refractivity contribution in [3.05, 3.63) is 60.7 Å². The molecule has 4 aromatic rings. The van der Waals surface area contributed by atoms with Gasteiger partial charge in [-0.2, -0.15) is 4.98 Å². The van der Waals surface area contributed by atoms with Crippen molar-refractivity contribution in [2.75, 3.05) is 25.1 Å². The minimum atomic E-state index is -0.0289. The van der Waals surface area contributed by atoms with Crippen LogP contribution < -0.4 is 15.0 Å². The number of amides is 1. The van der Waals surface area contributed by atoms with Crippen molar-refractivity contribution in [2.45, 2.75) is 19.4 Å². The number of anilines is 1. The zero-order valence-corrected chi connectivity index (χ0v) is 18.3. The molecule has 0 spiro atoms. The standard InChI is InChI=1S/C24H24N6O3/c1-32-19-6-4-17(5-7-19)21-20-22(27-15-28-24(20)33-29-21)30-11-8-18(9-12-30)23(31)26-14-16-3-2-10-25-13-16/h2-7,10,13,15,18H,8-9,11-12,14H2,1H3,(H,26,31). The van der Waals surface area contributed by atoms with E-state index in [-0.39, 0.29) is 11.8 Å². The maximum atomic E-state index is 12.7. The van der Waals surface area contributed by atoms with E-state index in [0.717, 1.165) is 40.9 Å². The number of rotatable bonds is 6. The summed E-state index contributed by atoms with van der Waals surface area (Å²) in [5.41, 5.74) is 3.03. The summed E-state index contributed by atoms with van der Waals surface area (Å²) in [6.45, 7) is 1.92. The largest absolute Gasteiger partial charge is 0.497 e. The van der Waals surface area contributed by atoms with E-state index in [1.807, 2.05) is 36.4 Å². The molecule has 1 amide bonds. The van der Waals surface area contributed by atoms with Gasteiger partial charge in [-0.3, -0.25) is 9.78 Å². The molecular formula is C24H24N6O3. The third-order valence-corrected chi connectivity index (χ3v) is 5.97. The number of hydrogen-bond donors (Lipinski definition) is 1. The van der Waals surface area contributed by atoms with Gasteiger partial charge in [-0.15, -0.1) is 0 Å². The van der Waals surface area contributed by atoms with Gasteiger partial charge in [-0.1, -0.05) is 11.2 Å². The summed E-state index contributed by atoms with van der Waals surface area (Å²) in [6, 6.07) is 11.5. The third kappa shape index (κ3) is 4.34. The van der Waals surface area contributed by atoms with Crippen LogP contribution in [-0.4, -0.2) is 46.2 Å². The van der Waals surface area contributed by atoms with Gasteiger partial charge >= 0.3 is 0 Å². The number of hydrogen-bond acceptors (Lipinski definition) is 8. The number of aromatic nitrogens is 4. The van der Waals surface area contributed by atoms with Gasteiger partial charge in [0.1, 0.15) is 29.0 Å². The van der Waals surface area contributed by atoms with E-state index in [4.69, 9.17) is 9.26 Å². The van der Waals surface area contributed by atoms with Crippen LogP contribution >= 0.6 is 0 Å². The molecular weight excluding hydrogens is 420 g/mol. The van der Waals surface area contributed by atoms with Gasteiger partial charge in [0.05, 0.1) is 7.11 Å². The summed E-state index contributed by atoms with van der Waals surface area (Å²) < 4.78 is 10.7. The number of methoxy groups -OCH3 is 1.